The third-order valence-electron chi connectivity index (χ3n) is 3.94. The standard InChI is InChI=1S/C20H20N2O4S/c1-12-5-4-6-13(9-12)21-20-22-19(17(27-20)11-18(23)24)15-10-14(25-2)7-8-16(15)26-3/h4-10H,11H2,1-3H3,(H,21,22)(H,23,24). The summed E-state index contributed by atoms with van der Waals surface area (Å²) in [4.78, 5) is 16.6. The van der Waals surface area contributed by atoms with Gasteiger partial charge in [0.05, 0.1) is 26.3 Å². The number of nitrogens with one attached hydrogen (secondary N) is 1. The predicted octanol–water partition coefficient (Wildman–Crippen LogP) is 4.51. The number of thiazole rings is 1. The number of rotatable bonds is 7. The van der Waals surface area contributed by atoms with E-state index in [4.69, 9.17) is 9.47 Å². The zero-order valence-corrected chi connectivity index (χ0v) is 16.1. The first-order chi connectivity index (χ1) is 13.0. The summed E-state index contributed by atoms with van der Waals surface area (Å²) in [6.45, 7) is 2.01. The number of carbonyl (C=O) groups is 1. The van der Waals surface area contributed by atoms with Crippen molar-refractivity contribution in [2.24, 2.45) is 0 Å². The first-order valence-corrected chi connectivity index (χ1v) is 9.09. The van der Waals surface area contributed by atoms with Gasteiger partial charge in [0.15, 0.2) is 5.13 Å². The van der Waals surface area contributed by atoms with Gasteiger partial charge in [0.1, 0.15) is 11.5 Å². The summed E-state index contributed by atoms with van der Waals surface area (Å²) >= 11 is 1.32. The van der Waals surface area contributed by atoms with Gasteiger partial charge in [-0.1, -0.05) is 12.1 Å². The lowest BCUT2D eigenvalue weighted by Crippen LogP contribution is -2.00. The van der Waals surface area contributed by atoms with Gasteiger partial charge in [-0.15, -0.1) is 11.3 Å². The van der Waals surface area contributed by atoms with Crippen LogP contribution in [0.15, 0.2) is 42.5 Å². The van der Waals surface area contributed by atoms with E-state index in [1.54, 1.807) is 32.4 Å². The molecule has 0 unspecified atom stereocenters. The number of methoxy groups -OCH3 is 2. The van der Waals surface area contributed by atoms with Crippen LogP contribution < -0.4 is 14.8 Å². The highest BCUT2D eigenvalue weighted by molar-refractivity contribution is 7.16. The minimum atomic E-state index is -0.913. The Labute approximate surface area is 161 Å². The fourth-order valence-corrected chi connectivity index (χ4v) is 3.71. The fourth-order valence-electron chi connectivity index (χ4n) is 2.72. The number of nitrogens with zero attached hydrogens (tertiary/aromatic N) is 1. The largest absolute Gasteiger partial charge is 0.497 e. The quantitative estimate of drug-likeness (QED) is 0.624. The van der Waals surface area contributed by atoms with Gasteiger partial charge < -0.3 is 19.9 Å². The lowest BCUT2D eigenvalue weighted by Gasteiger charge is -2.10. The molecule has 0 radical (unpaired) electrons. The Balaban J connectivity index is 2.06. The highest BCUT2D eigenvalue weighted by Gasteiger charge is 2.19. The maximum absolute atomic E-state index is 11.3. The lowest BCUT2D eigenvalue weighted by atomic mass is 10.1. The number of carboxylic acids is 1. The summed E-state index contributed by atoms with van der Waals surface area (Å²) in [5.41, 5.74) is 3.29. The van der Waals surface area contributed by atoms with Crippen molar-refractivity contribution < 1.29 is 19.4 Å². The molecule has 0 aliphatic carbocycles. The van der Waals surface area contributed by atoms with E-state index in [0.717, 1.165) is 11.3 Å². The molecule has 0 bridgehead atoms. The molecule has 0 saturated carbocycles. The first kappa shape index (κ1) is 18.7. The molecule has 0 saturated heterocycles. The number of aromatic nitrogens is 1. The average Bonchev–Trinajstić information content (AvgIpc) is 3.02. The molecule has 3 aromatic rings. The topological polar surface area (TPSA) is 80.7 Å². The maximum atomic E-state index is 11.3. The van der Waals surface area contributed by atoms with Gasteiger partial charge in [-0.05, 0) is 42.8 Å². The van der Waals surface area contributed by atoms with E-state index in [0.29, 0.717) is 32.8 Å². The first-order valence-electron chi connectivity index (χ1n) is 8.27. The van der Waals surface area contributed by atoms with Crippen molar-refractivity contribution in [2.75, 3.05) is 19.5 Å². The van der Waals surface area contributed by atoms with Crippen LogP contribution in [-0.4, -0.2) is 30.3 Å². The molecule has 0 amide bonds. The number of benzene rings is 2. The van der Waals surface area contributed by atoms with E-state index >= 15 is 0 Å². The third-order valence-corrected chi connectivity index (χ3v) is 4.91. The Hall–Kier alpha value is -3.06. The molecule has 0 spiro atoms. The molecule has 140 valence electrons. The predicted molar refractivity (Wildman–Crippen MR) is 106 cm³/mol. The summed E-state index contributed by atoms with van der Waals surface area (Å²) in [5.74, 6) is 0.340. The van der Waals surface area contributed by atoms with Gasteiger partial charge in [-0.25, -0.2) is 4.98 Å². The molecule has 0 atom stereocenters. The van der Waals surface area contributed by atoms with E-state index in [1.165, 1.54) is 11.3 Å². The van der Waals surface area contributed by atoms with Gasteiger partial charge in [0, 0.05) is 16.1 Å². The maximum Gasteiger partial charge on any atom is 0.308 e. The van der Waals surface area contributed by atoms with E-state index in [9.17, 15) is 9.90 Å². The Morgan fingerprint density at radius 1 is 1.19 bits per heavy atom. The third kappa shape index (κ3) is 4.38. The van der Waals surface area contributed by atoms with Crippen molar-refractivity contribution in [3.63, 3.8) is 0 Å². The van der Waals surface area contributed by atoms with Crippen LogP contribution in [0.25, 0.3) is 11.3 Å². The second kappa shape index (κ2) is 8.09. The van der Waals surface area contributed by atoms with Crippen LogP contribution in [0.3, 0.4) is 0 Å². The molecule has 1 aromatic heterocycles. The Bertz CT molecular complexity index is 968. The lowest BCUT2D eigenvalue weighted by molar-refractivity contribution is -0.136. The van der Waals surface area contributed by atoms with Crippen LogP contribution in [-0.2, 0) is 11.2 Å². The SMILES string of the molecule is COc1ccc(OC)c(-c2nc(Nc3cccc(C)c3)sc2CC(=O)O)c1. The summed E-state index contributed by atoms with van der Waals surface area (Å²) in [5, 5.41) is 13.2. The van der Waals surface area contributed by atoms with Crippen LogP contribution in [0.2, 0.25) is 0 Å². The molecule has 27 heavy (non-hydrogen) atoms. The molecule has 2 aromatic carbocycles. The Kier molecular flexibility index (Phi) is 5.61. The molecular weight excluding hydrogens is 364 g/mol. The van der Waals surface area contributed by atoms with Crippen LogP contribution in [0.5, 0.6) is 11.5 Å². The number of carboxylic acid groups (broad SMARTS) is 1. The summed E-state index contributed by atoms with van der Waals surface area (Å²) in [7, 11) is 3.15. The zero-order valence-electron chi connectivity index (χ0n) is 15.3. The number of anilines is 2. The van der Waals surface area contributed by atoms with Crippen molar-refractivity contribution in [2.45, 2.75) is 13.3 Å². The van der Waals surface area contributed by atoms with Gasteiger partial charge in [0.25, 0.3) is 0 Å². The summed E-state index contributed by atoms with van der Waals surface area (Å²) < 4.78 is 10.7. The van der Waals surface area contributed by atoms with Gasteiger partial charge >= 0.3 is 5.97 Å². The molecule has 1 heterocycles. The molecule has 7 heteroatoms. The fraction of sp³-hybridized carbons (Fsp3) is 0.200. The number of hydrogen-bond acceptors (Lipinski definition) is 6. The highest BCUT2D eigenvalue weighted by Crippen LogP contribution is 2.39. The van der Waals surface area contributed by atoms with Crippen LogP contribution in [0.4, 0.5) is 10.8 Å². The molecule has 2 N–H and O–H groups in total. The minimum Gasteiger partial charge on any atom is -0.497 e. The van der Waals surface area contributed by atoms with Gasteiger partial charge in [-0.2, -0.15) is 0 Å². The van der Waals surface area contributed by atoms with E-state index in [2.05, 4.69) is 10.3 Å². The van der Waals surface area contributed by atoms with Gasteiger partial charge in [0.2, 0.25) is 0 Å². The second-order valence-corrected chi connectivity index (χ2v) is 7.01. The highest BCUT2D eigenvalue weighted by atomic mass is 32.1. The van der Waals surface area contributed by atoms with Crippen LogP contribution >= 0.6 is 11.3 Å². The van der Waals surface area contributed by atoms with Crippen molar-refractivity contribution in [3.05, 3.63) is 52.9 Å². The Morgan fingerprint density at radius 3 is 2.67 bits per heavy atom. The van der Waals surface area contributed by atoms with Gasteiger partial charge in [-0.3, -0.25) is 4.79 Å². The molecule has 0 aliphatic heterocycles. The average molecular weight is 384 g/mol. The van der Waals surface area contributed by atoms with E-state index < -0.39 is 5.97 Å². The van der Waals surface area contributed by atoms with Crippen molar-refractivity contribution >= 4 is 28.1 Å². The minimum absolute atomic E-state index is 0.122. The molecule has 6 nitrogen and oxygen atoms in total. The van der Waals surface area contributed by atoms with Crippen molar-refractivity contribution in [1.29, 1.82) is 0 Å². The molecule has 3 rings (SSSR count). The summed E-state index contributed by atoms with van der Waals surface area (Å²) in [6, 6.07) is 13.3. The van der Waals surface area contributed by atoms with Crippen LogP contribution in [0.1, 0.15) is 10.4 Å². The summed E-state index contributed by atoms with van der Waals surface area (Å²) in [6.07, 6.45) is -0.122. The molecule has 0 fully saturated rings. The molecular formula is C20H20N2O4S. The van der Waals surface area contributed by atoms with Crippen molar-refractivity contribution in [3.8, 4) is 22.8 Å². The van der Waals surface area contributed by atoms with Crippen molar-refractivity contribution in [1.82, 2.24) is 4.98 Å². The number of hydrogen-bond donors (Lipinski definition) is 2. The monoisotopic (exact) mass is 384 g/mol. The van der Waals surface area contributed by atoms with E-state index in [-0.39, 0.29) is 6.42 Å². The number of aryl methyl sites for hydroxylation is 1. The zero-order chi connectivity index (χ0) is 19.4. The number of aliphatic carboxylic acids is 1. The van der Waals surface area contributed by atoms with Crippen LogP contribution in [0, 0.1) is 6.92 Å². The van der Waals surface area contributed by atoms with E-state index in [1.807, 2.05) is 31.2 Å². The normalized spacial score (nSPS) is 10.5. The second-order valence-electron chi connectivity index (χ2n) is 5.92. The Morgan fingerprint density at radius 2 is 2.00 bits per heavy atom. The number of ether oxygens (including phenoxy) is 2. The smallest absolute Gasteiger partial charge is 0.308 e. The molecule has 0 aliphatic rings.